The lowest BCUT2D eigenvalue weighted by atomic mass is 9.93. The van der Waals surface area contributed by atoms with Gasteiger partial charge in [0.1, 0.15) is 0 Å². The van der Waals surface area contributed by atoms with Crippen LogP contribution in [-0.4, -0.2) is 23.1 Å². The van der Waals surface area contributed by atoms with Gasteiger partial charge in [0.05, 0.1) is 12.0 Å². The minimum Gasteiger partial charge on any atom is -0.387 e. The van der Waals surface area contributed by atoms with Crippen LogP contribution in [0.2, 0.25) is 0 Å². The van der Waals surface area contributed by atoms with Crippen LogP contribution >= 0.6 is 0 Å². The third kappa shape index (κ3) is 2.96. The number of carbonyl (C=O) groups is 1. The molecule has 0 aromatic heterocycles. The Morgan fingerprint density at radius 2 is 2.11 bits per heavy atom. The maximum Gasteiger partial charge on any atom is 0.231 e. The van der Waals surface area contributed by atoms with E-state index in [0.717, 1.165) is 16.8 Å². The van der Waals surface area contributed by atoms with Crippen LogP contribution < -0.4 is 10.6 Å². The first-order chi connectivity index (χ1) is 8.79. The summed E-state index contributed by atoms with van der Waals surface area (Å²) in [4.78, 5) is 11.7. The molecule has 3 N–H and O–H groups in total. The first-order valence-corrected chi connectivity index (χ1v) is 6.66. The normalized spacial score (nSPS) is 20.1. The predicted octanol–water partition coefficient (Wildman–Crippen LogP) is 2.16. The number of hydrogen-bond acceptors (Lipinski definition) is 3. The Morgan fingerprint density at radius 1 is 1.42 bits per heavy atom. The molecule has 19 heavy (non-hydrogen) atoms. The molecule has 4 heteroatoms. The summed E-state index contributed by atoms with van der Waals surface area (Å²) >= 11 is 0. The standard InChI is InChI=1S/C15H22N2O2/c1-9-13-10(12(18)8-16-15(2,3)4)6-5-7-11(13)17-14(9)19/h5-7,9,12,16,18H,8H2,1-4H3,(H,17,19)/t9?,12-/m0/s1. The van der Waals surface area contributed by atoms with Crippen molar-refractivity contribution in [2.75, 3.05) is 11.9 Å². The topological polar surface area (TPSA) is 61.4 Å². The molecule has 1 amide bonds. The molecule has 1 aromatic carbocycles. The molecule has 0 bridgehead atoms. The van der Waals surface area contributed by atoms with E-state index in [4.69, 9.17) is 0 Å². The number of aliphatic hydroxyl groups is 1. The number of carbonyl (C=O) groups excluding carboxylic acids is 1. The van der Waals surface area contributed by atoms with Crippen LogP contribution in [0.15, 0.2) is 18.2 Å². The van der Waals surface area contributed by atoms with Crippen LogP contribution in [0.1, 0.15) is 50.8 Å². The van der Waals surface area contributed by atoms with E-state index in [1.807, 2.05) is 25.1 Å². The monoisotopic (exact) mass is 262 g/mol. The van der Waals surface area contributed by atoms with Gasteiger partial charge in [-0.05, 0) is 44.9 Å². The quantitative estimate of drug-likeness (QED) is 0.782. The lowest BCUT2D eigenvalue weighted by Crippen LogP contribution is -2.38. The zero-order valence-corrected chi connectivity index (χ0v) is 11.9. The van der Waals surface area contributed by atoms with E-state index < -0.39 is 6.10 Å². The number of hydrogen-bond donors (Lipinski definition) is 3. The molecular formula is C15H22N2O2. The van der Waals surface area contributed by atoms with Crippen molar-refractivity contribution in [1.29, 1.82) is 0 Å². The van der Waals surface area contributed by atoms with Crippen molar-refractivity contribution in [2.45, 2.75) is 45.3 Å². The lowest BCUT2D eigenvalue weighted by Gasteiger charge is -2.24. The maximum atomic E-state index is 11.7. The van der Waals surface area contributed by atoms with Crippen molar-refractivity contribution in [3.05, 3.63) is 29.3 Å². The number of fused-ring (bicyclic) bond motifs is 1. The van der Waals surface area contributed by atoms with Crippen molar-refractivity contribution in [1.82, 2.24) is 5.32 Å². The highest BCUT2D eigenvalue weighted by molar-refractivity contribution is 6.03. The summed E-state index contributed by atoms with van der Waals surface area (Å²) in [5, 5.41) is 16.5. The summed E-state index contributed by atoms with van der Waals surface area (Å²) in [5.74, 6) is -0.200. The fraction of sp³-hybridized carbons (Fsp3) is 0.533. The first-order valence-electron chi connectivity index (χ1n) is 6.66. The van der Waals surface area contributed by atoms with Gasteiger partial charge >= 0.3 is 0 Å². The van der Waals surface area contributed by atoms with Gasteiger partial charge in [-0.1, -0.05) is 12.1 Å². The summed E-state index contributed by atoms with van der Waals surface area (Å²) in [6, 6.07) is 5.64. The van der Waals surface area contributed by atoms with Crippen LogP contribution in [0.25, 0.3) is 0 Å². The van der Waals surface area contributed by atoms with Crippen molar-refractivity contribution in [3.63, 3.8) is 0 Å². The number of benzene rings is 1. The van der Waals surface area contributed by atoms with Crippen LogP contribution in [0.5, 0.6) is 0 Å². The highest BCUT2D eigenvalue weighted by Crippen LogP contribution is 2.37. The number of aliphatic hydroxyl groups excluding tert-OH is 1. The van der Waals surface area contributed by atoms with Gasteiger partial charge in [-0.3, -0.25) is 4.79 Å². The first kappa shape index (κ1) is 14.0. The molecule has 1 unspecified atom stereocenters. The van der Waals surface area contributed by atoms with Crippen molar-refractivity contribution in [2.24, 2.45) is 0 Å². The Kier molecular flexibility index (Phi) is 3.65. The number of anilines is 1. The Morgan fingerprint density at radius 3 is 2.74 bits per heavy atom. The smallest absolute Gasteiger partial charge is 0.231 e. The largest absolute Gasteiger partial charge is 0.387 e. The molecule has 0 aliphatic carbocycles. The van der Waals surface area contributed by atoms with Crippen LogP contribution in [0.3, 0.4) is 0 Å². The Balaban J connectivity index is 2.22. The molecule has 4 nitrogen and oxygen atoms in total. The van der Waals surface area contributed by atoms with Crippen molar-refractivity contribution >= 4 is 11.6 Å². The van der Waals surface area contributed by atoms with Gasteiger partial charge < -0.3 is 15.7 Å². The second-order valence-electron chi connectivity index (χ2n) is 6.17. The number of nitrogens with one attached hydrogen (secondary N) is 2. The highest BCUT2D eigenvalue weighted by Gasteiger charge is 2.30. The van der Waals surface area contributed by atoms with Crippen LogP contribution in [-0.2, 0) is 4.79 Å². The van der Waals surface area contributed by atoms with Crippen LogP contribution in [0, 0.1) is 0 Å². The van der Waals surface area contributed by atoms with Gasteiger partial charge in [-0.25, -0.2) is 0 Å². The highest BCUT2D eigenvalue weighted by atomic mass is 16.3. The lowest BCUT2D eigenvalue weighted by molar-refractivity contribution is -0.116. The molecule has 0 spiro atoms. The molecule has 0 saturated carbocycles. The van der Waals surface area contributed by atoms with E-state index in [2.05, 4.69) is 31.4 Å². The average Bonchev–Trinajstić information content (AvgIpc) is 2.61. The zero-order chi connectivity index (χ0) is 14.2. The van der Waals surface area contributed by atoms with Crippen molar-refractivity contribution in [3.8, 4) is 0 Å². The van der Waals surface area contributed by atoms with E-state index in [-0.39, 0.29) is 17.4 Å². The number of amides is 1. The Bertz CT molecular complexity index is 491. The summed E-state index contributed by atoms with van der Waals surface area (Å²) in [6.07, 6.45) is -0.607. The summed E-state index contributed by atoms with van der Waals surface area (Å²) in [5.41, 5.74) is 2.54. The summed E-state index contributed by atoms with van der Waals surface area (Å²) in [7, 11) is 0. The Hall–Kier alpha value is -1.39. The Labute approximate surface area is 114 Å². The molecule has 1 aliphatic rings. The van der Waals surface area contributed by atoms with Gasteiger partial charge in [-0.15, -0.1) is 0 Å². The number of β-amino-alcohol motifs (C(OH)–C–C–N with tert-alkyl or cyclic N) is 1. The SMILES string of the molecule is CC1C(=O)Nc2cccc([C@@H](O)CNC(C)(C)C)c21. The molecule has 2 atom stereocenters. The van der Waals surface area contributed by atoms with Crippen LogP contribution in [0.4, 0.5) is 5.69 Å². The molecule has 0 fully saturated rings. The van der Waals surface area contributed by atoms with E-state index in [9.17, 15) is 9.90 Å². The van der Waals surface area contributed by atoms with E-state index in [1.165, 1.54) is 0 Å². The molecule has 1 heterocycles. The third-order valence-electron chi connectivity index (χ3n) is 3.41. The van der Waals surface area contributed by atoms with Crippen molar-refractivity contribution < 1.29 is 9.90 Å². The predicted molar refractivity (Wildman–Crippen MR) is 76.2 cm³/mol. The maximum absolute atomic E-state index is 11.7. The van der Waals surface area contributed by atoms with E-state index in [0.29, 0.717) is 6.54 Å². The fourth-order valence-electron chi connectivity index (χ4n) is 2.35. The van der Waals surface area contributed by atoms with Gasteiger partial charge in [0.25, 0.3) is 0 Å². The molecule has 104 valence electrons. The van der Waals surface area contributed by atoms with Gasteiger partial charge in [0, 0.05) is 17.8 Å². The molecule has 1 aromatic rings. The van der Waals surface area contributed by atoms with Gasteiger partial charge in [-0.2, -0.15) is 0 Å². The minimum atomic E-state index is -0.607. The molecule has 0 radical (unpaired) electrons. The molecular weight excluding hydrogens is 240 g/mol. The molecule has 2 rings (SSSR count). The average molecular weight is 262 g/mol. The molecule has 0 saturated heterocycles. The summed E-state index contributed by atoms with van der Waals surface area (Å²) < 4.78 is 0. The second-order valence-corrected chi connectivity index (χ2v) is 6.17. The molecule has 1 aliphatic heterocycles. The van der Waals surface area contributed by atoms with E-state index >= 15 is 0 Å². The number of rotatable bonds is 3. The third-order valence-corrected chi connectivity index (χ3v) is 3.41. The minimum absolute atomic E-state index is 0.00145. The fourth-order valence-corrected chi connectivity index (χ4v) is 2.35. The van der Waals surface area contributed by atoms with Gasteiger partial charge in [0.2, 0.25) is 5.91 Å². The van der Waals surface area contributed by atoms with Gasteiger partial charge in [0.15, 0.2) is 0 Å². The second kappa shape index (κ2) is 4.94. The zero-order valence-electron chi connectivity index (χ0n) is 11.9. The van der Waals surface area contributed by atoms with E-state index in [1.54, 1.807) is 0 Å². The summed E-state index contributed by atoms with van der Waals surface area (Å²) in [6.45, 7) is 8.52.